The Morgan fingerprint density at radius 3 is 2.35 bits per heavy atom. The maximum Gasteiger partial charge on any atom is 0.426 e. The fourth-order valence-electron chi connectivity index (χ4n) is 1.48. The Morgan fingerprint density at radius 1 is 1.26 bits per heavy atom. The van der Waals surface area contributed by atoms with Crippen molar-refractivity contribution in [2.45, 2.75) is 13.1 Å². The predicted octanol–water partition coefficient (Wildman–Crippen LogP) is 5.42. The molecule has 0 bridgehead atoms. The van der Waals surface area contributed by atoms with Gasteiger partial charge in [-0.2, -0.15) is 13.2 Å². The van der Waals surface area contributed by atoms with Crippen molar-refractivity contribution in [3.05, 3.63) is 33.3 Å². The van der Waals surface area contributed by atoms with E-state index in [9.17, 15) is 18.3 Å². The van der Waals surface area contributed by atoms with Crippen molar-refractivity contribution in [2.75, 3.05) is 19.8 Å². The zero-order chi connectivity index (χ0) is 17.6. The van der Waals surface area contributed by atoms with E-state index in [-0.39, 0.29) is 47.3 Å². The molecule has 23 heavy (non-hydrogen) atoms. The highest BCUT2D eigenvalue weighted by Gasteiger charge is 2.31. The molecule has 3 nitrogen and oxygen atoms in total. The highest BCUT2D eigenvalue weighted by Crippen LogP contribution is 2.36. The van der Waals surface area contributed by atoms with Crippen LogP contribution in [0, 0.1) is 5.92 Å². The van der Waals surface area contributed by atoms with E-state index in [2.05, 4.69) is 0 Å². The fraction of sp³-hybridized carbons (Fsp3) is 0.429. The molecule has 0 aromatic heterocycles. The number of rotatable bonds is 7. The summed E-state index contributed by atoms with van der Waals surface area (Å²) in [5, 5.41) is 8.39. The molecule has 0 aliphatic carbocycles. The van der Waals surface area contributed by atoms with E-state index in [4.69, 9.17) is 44.3 Å². The van der Waals surface area contributed by atoms with Crippen LogP contribution in [0.4, 0.5) is 13.2 Å². The summed E-state index contributed by atoms with van der Waals surface area (Å²) in [7, 11) is 0. The third-order valence-corrected chi connectivity index (χ3v) is 3.48. The summed E-state index contributed by atoms with van der Waals surface area (Å²) in [6.45, 7) is 1.85. The standard InChI is InChI=1S/C14H14Cl3F3O3/c1-8(6-22-3-2-12(17)14(18,19)20)7-23-13-10(15)4-9(21)5-11(13)16/h2,4-5,8,21H,3,6-7H2,1H3/b12-2-. The Kier molecular flexibility index (Phi) is 7.80. The summed E-state index contributed by atoms with van der Waals surface area (Å²) in [5.74, 6) is 0.00376. The van der Waals surface area contributed by atoms with Gasteiger partial charge >= 0.3 is 6.18 Å². The molecule has 1 rings (SSSR count). The van der Waals surface area contributed by atoms with Crippen LogP contribution >= 0.6 is 34.8 Å². The number of hydrogen-bond donors (Lipinski definition) is 1. The zero-order valence-electron chi connectivity index (χ0n) is 12.0. The molecular formula is C14H14Cl3F3O3. The Balaban J connectivity index is 2.40. The number of aromatic hydroxyl groups is 1. The van der Waals surface area contributed by atoms with Gasteiger partial charge in [0, 0.05) is 18.1 Å². The molecule has 0 aliphatic rings. The first-order chi connectivity index (χ1) is 10.6. The third-order valence-electron chi connectivity index (χ3n) is 2.55. The van der Waals surface area contributed by atoms with E-state index in [1.54, 1.807) is 6.92 Å². The minimum absolute atomic E-state index is 0.0861. The predicted molar refractivity (Wildman–Crippen MR) is 83.6 cm³/mol. The zero-order valence-corrected chi connectivity index (χ0v) is 14.2. The average molecular weight is 394 g/mol. The third kappa shape index (κ3) is 7.08. The van der Waals surface area contributed by atoms with Crippen LogP contribution in [0.2, 0.25) is 10.0 Å². The SMILES string of the molecule is CC(COC/C=C(\Cl)C(F)(F)F)COc1c(Cl)cc(O)cc1Cl. The first-order valence-corrected chi connectivity index (χ1v) is 7.56. The summed E-state index contributed by atoms with van der Waals surface area (Å²) in [6.07, 6.45) is -3.81. The molecule has 0 aliphatic heterocycles. The van der Waals surface area contributed by atoms with Gasteiger partial charge in [0.15, 0.2) is 5.75 Å². The number of phenols is 1. The lowest BCUT2D eigenvalue weighted by Crippen LogP contribution is -2.15. The second-order valence-electron chi connectivity index (χ2n) is 4.74. The molecule has 0 fully saturated rings. The molecule has 1 aromatic rings. The van der Waals surface area contributed by atoms with Gasteiger partial charge in [-0.25, -0.2) is 0 Å². The molecule has 0 spiro atoms. The monoisotopic (exact) mass is 392 g/mol. The highest BCUT2D eigenvalue weighted by molar-refractivity contribution is 6.37. The molecule has 0 amide bonds. The Morgan fingerprint density at radius 2 is 1.83 bits per heavy atom. The molecule has 0 heterocycles. The van der Waals surface area contributed by atoms with Gasteiger partial charge in [-0.1, -0.05) is 41.7 Å². The Hall–Kier alpha value is -0.820. The van der Waals surface area contributed by atoms with Crippen LogP contribution in [0.15, 0.2) is 23.2 Å². The maximum atomic E-state index is 12.1. The second kappa shape index (κ2) is 8.87. The maximum absolute atomic E-state index is 12.1. The molecule has 0 saturated heterocycles. The fourth-order valence-corrected chi connectivity index (χ4v) is 2.12. The van der Waals surface area contributed by atoms with Gasteiger partial charge in [0.1, 0.15) is 10.8 Å². The summed E-state index contributed by atoms with van der Waals surface area (Å²) in [5.41, 5.74) is 0. The van der Waals surface area contributed by atoms with Gasteiger partial charge in [-0.15, -0.1) is 0 Å². The van der Waals surface area contributed by atoms with E-state index >= 15 is 0 Å². The first kappa shape index (κ1) is 20.2. The van der Waals surface area contributed by atoms with E-state index in [1.165, 1.54) is 12.1 Å². The summed E-state index contributed by atoms with van der Waals surface area (Å²) in [4.78, 5) is 0. The van der Waals surface area contributed by atoms with Crippen molar-refractivity contribution >= 4 is 34.8 Å². The van der Waals surface area contributed by atoms with E-state index < -0.39 is 11.2 Å². The van der Waals surface area contributed by atoms with Gasteiger partial charge in [0.05, 0.1) is 29.9 Å². The van der Waals surface area contributed by atoms with Crippen molar-refractivity contribution in [2.24, 2.45) is 5.92 Å². The lowest BCUT2D eigenvalue weighted by molar-refractivity contribution is -0.0851. The number of ether oxygens (including phenoxy) is 2. The minimum atomic E-state index is -4.56. The van der Waals surface area contributed by atoms with Crippen molar-refractivity contribution < 1.29 is 27.8 Å². The van der Waals surface area contributed by atoms with Crippen LogP contribution in [0.5, 0.6) is 11.5 Å². The lowest BCUT2D eigenvalue weighted by Gasteiger charge is -2.15. The van der Waals surface area contributed by atoms with Gasteiger partial charge in [-0.3, -0.25) is 0 Å². The summed E-state index contributed by atoms with van der Waals surface area (Å²) < 4.78 is 46.9. The first-order valence-electron chi connectivity index (χ1n) is 6.42. The average Bonchev–Trinajstić information content (AvgIpc) is 2.41. The van der Waals surface area contributed by atoms with Crippen molar-refractivity contribution in [3.8, 4) is 11.5 Å². The van der Waals surface area contributed by atoms with E-state index in [0.717, 1.165) is 6.08 Å². The molecule has 1 unspecified atom stereocenters. The van der Waals surface area contributed by atoms with Gasteiger partial charge in [0.2, 0.25) is 0 Å². The van der Waals surface area contributed by atoms with Crippen LogP contribution < -0.4 is 4.74 Å². The number of phenolic OH excluding ortho intramolecular Hbond substituents is 1. The molecule has 0 radical (unpaired) electrons. The Labute approximate surface area is 146 Å². The minimum Gasteiger partial charge on any atom is -0.508 e. The van der Waals surface area contributed by atoms with Gasteiger partial charge < -0.3 is 14.6 Å². The van der Waals surface area contributed by atoms with Crippen molar-refractivity contribution in [1.82, 2.24) is 0 Å². The molecule has 1 atom stereocenters. The normalized spacial score (nSPS) is 14.0. The smallest absolute Gasteiger partial charge is 0.426 e. The second-order valence-corrected chi connectivity index (χ2v) is 5.96. The molecule has 0 saturated carbocycles. The van der Waals surface area contributed by atoms with E-state index in [0.29, 0.717) is 0 Å². The van der Waals surface area contributed by atoms with Crippen LogP contribution in [0.1, 0.15) is 6.92 Å². The van der Waals surface area contributed by atoms with Crippen LogP contribution in [-0.2, 0) is 4.74 Å². The quantitative estimate of drug-likeness (QED) is 0.629. The molecule has 9 heteroatoms. The number of halogens is 6. The number of benzene rings is 1. The Bertz CT molecular complexity index is 539. The van der Waals surface area contributed by atoms with Crippen molar-refractivity contribution in [1.29, 1.82) is 0 Å². The number of allylic oxidation sites excluding steroid dienone is 1. The lowest BCUT2D eigenvalue weighted by atomic mass is 10.2. The number of hydrogen-bond acceptors (Lipinski definition) is 3. The van der Waals surface area contributed by atoms with Crippen molar-refractivity contribution in [3.63, 3.8) is 0 Å². The number of alkyl halides is 3. The summed E-state index contributed by atoms with van der Waals surface area (Å²) in [6, 6.07) is 2.57. The molecular weight excluding hydrogens is 380 g/mol. The molecule has 1 N–H and O–H groups in total. The van der Waals surface area contributed by atoms with Gasteiger partial charge in [0.25, 0.3) is 0 Å². The van der Waals surface area contributed by atoms with Crippen LogP contribution in [0.25, 0.3) is 0 Å². The topological polar surface area (TPSA) is 38.7 Å². The largest absolute Gasteiger partial charge is 0.508 e. The molecule has 130 valence electrons. The van der Waals surface area contributed by atoms with Gasteiger partial charge in [-0.05, 0) is 6.08 Å². The summed E-state index contributed by atoms with van der Waals surface area (Å²) >= 11 is 16.8. The highest BCUT2D eigenvalue weighted by atomic mass is 35.5. The molecule has 1 aromatic carbocycles. The van der Waals surface area contributed by atoms with E-state index in [1.807, 2.05) is 0 Å². The van der Waals surface area contributed by atoms with Crippen LogP contribution in [-0.4, -0.2) is 31.1 Å². The van der Waals surface area contributed by atoms with Crippen LogP contribution in [0.3, 0.4) is 0 Å².